The molecule has 0 unspecified atom stereocenters. The van der Waals surface area contributed by atoms with E-state index in [2.05, 4.69) is 19.3 Å². The summed E-state index contributed by atoms with van der Waals surface area (Å²) in [6.07, 6.45) is 1.11. The van der Waals surface area contributed by atoms with Gasteiger partial charge in [-0.3, -0.25) is 8.98 Å². The second kappa shape index (κ2) is 5.55. The molecule has 8 nitrogen and oxygen atoms in total. The number of hydrogen-bond donors (Lipinski definition) is 3. The first-order chi connectivity index (χ1) is 7.44. The minimum atomic E-state index is -3.98. The summed E-state index contributed by atoms with van der Waals surface area (Å²) in [6, 6.07) is -0.572. The van der Waals surface area contributed by atoms with Crippen LogP contribution in [0.5, 0.6) is 0 Å². The molecule has 2 atom stereocenters. The van der Waals surface area contributed by atoms with Crippen molar-refractivity contribution in [3.8, 4) is 0 Å². The molecule has 0 aromatic carbocycles. The SMILES string of the molecule is COS(=O)(=O)ON[C@@H]1CC[C@@H](C(N)=O)NC1. The van der Waals surface area contributed by atoms with E-state index in [4.69, 9.17) is 5.73 Å². The van der Waals surface area contributed by atoms with Crippen LogP contribution in [0.3, 0.4) is 0 Å². The van der Waals surface area contributed by atoms with Gasteiger partial charge in [0.05, 0.1) is 13.2 Å². The first-order valence-corrected chi connectivity index (χ1v) is 6.05. The number of nitrogens with one attached hydrogen (secondary N) is 2. The Morgan fingerprint density at radius 1 is 1.50 bits per heavy atom. The van der Waals surface area contributed by atoms with Crippen molar-refractivity contribution in [3.05, 3.63) is 0 Å². The van der Waals surface area contributed by atoms with Gasteiger partial charge in [-0.1, -0.05) is 0 Å². The lowest BCUT2D eigenvalue weighted by molar-refractivity contribution is -0.120. The number of amides is 1. The van der Waals surface area contributed by atoms with Crippen LogP contribution in [0.1, 0.15) is 12.8 Å². The molecule has 1 rings (SSSR count). The maximum absolute atomic E-state index is 10.8. The summed E-state index contributed by atoms with van der Waals surface area (Å²) in [5.41, 5.74) is 7.45. The summed E-state index contributed by atoms with van der Waals surface area (Å²) in [5.74, 6) is -0.413. The standard InChI is InChI=1S/C7H15N3O5S/c1-14-16(12,13)15-10-5-2-3-6(7(8)11)9-4-5/h5-6,9-10H,2-4H2,1H3,(H2,8,11)/t5-,6+/m1/s1. The van der Waals surface area contributed by atoms with Gasteiger partial charge in [0.2, 0.25) is 5.91 Å². The number of hydroxylamine groups is 1. The molecular formula is C7H15N3O5S. The molecule has 0 radical (unpaired) electrons. The van der Waals surface area contributed by atoms with Crippen LogP contribution >= 0.6 is 0 Å². The molecule has 1 fully saturated rings. The summed E-state index contributed by atoms with van der Waals surface area (Å²) < 4.78 is 30.1. The largest absolute Gasteiger partial charge is 0.415 e. The third kappa shape index (κ3) is 4.02. The smallest absolute Gasteiger partial charge is 0.368 e. The van der Waals surface area contributed by atoms with E-state index in [-0.39, 0.29) is 12.1 Å². The average molecular weight is 253 g/mol. The Balaban J connectivity index is 2.30. The second-order valence-corrected chi connectivity index (χ2v) is 4.73. The van der Waals surface area contributed by atoms with Gasteiger partial charge >= 0.3 is 10.4 Å². The van der Waals surface area contributed by atoms with Crippen molar-refractivity contribution in [2.45, 2.75) is 24.9 Å². The summed E-state index contributed by atoms with van der Waals surface area (Å²) >= 11 is 0. The van der Waals surface area contributed by atoms with E-state index in [0.717, 1.165) is 7.11 Å². The minimum absolute atomic E-state index is 0.208. The Bertz CT molecular complexity index is 336. The highest BCUT2D eigenvalue weighted by Crippen LogP contribution is 2.08. The predicted molar refractivity (Wildman–Crippen MR) is 54.2 cm³/mol. The number of nitrogens with two attached hydrogens (primary N) is 1. The van der Waals surface area contributed by atoms with Crippen molar-refractivity contribution < 1.29 is 21.7 Å². The van der Waals surface area contributed by atoms with Crippen LogP contribution in [-0.4, -0.2) is 40.1 Å². The highest BCUT2D eigenvalue weighted by Gasteiger charge is 2.25. The number of rotatable bonds is 5. The van der Waals surface area contributed by atoms with Crippen molar-refractivity contribution in [1.82, 2.24) is 10.8 Å². The molecule has 1 amide bonds. The van der Waals surface area contributed by atoms with Crippen molar-refractivity contribution in [3.63, 3.8) is 0 Å². The third-order valence-corrected chi connectivity index (χ3v) is 2.99. The Labute approximate surface area is 93.7 Å². The van der Waals surface area contributed by atoms with E-state index < -0.39 is 16.3 Å². The van der Waals surface area contributed by atoms with Crippen LogP contribution in [0.25, 0.3) is 0 Å². The Morgan fingerprint density at radius 3 is 2.62 bits per heavy atom. The molecule has 4 N–H and O–H groups in total. The van der Waals surface area contributed by atoms with Crippen molar-refractivity contribution in [1.29, 1.82) is 0 Å². The highest BCUT2D eigenvalue weighted by molar-refractivity contribution is 7.81. The quantitative estimate of drug-likeness (QED) is 0.485. The number of hydrogen-bond acceptors (Lipinski definition) is 7. The molecule has 94 valence electrons. The molecule has 9 heteroatoms. The van der Waals surface area contributed by atoms with Crippen LogP contribution in [0.15, 0.2) is 0 Å². The first-order valence-electron chi connectivity index (χ1n) is 4.72. The van der Waals surface area contributed by atoms with Crippen LogP contribution in [0, 0.1) is 0 Å². The maximum atomic E-state index is 10.8. The first kappa shape index (κ1) is 13.3. The summed E-state index contributed by atoms with van der Waals surface area (Å²) in [5, 5.41) is 2.87. The lowest BCUT2D eigenvalue weighted by atomic mass is 10.0. The van der Waals surface area contributed by atoms with Gasteiger partial charge < -0.3 is 11.1 Å². The van der Waals surface area contributed by atoms with Gasteiger partial charge in [0.1, 0.15) is 0 Å². The number of primary amides is 1. The van der Waals surface area contributed by atoms with Gasteiger partial charge in [-0.25, -0.2) is 0 Å². The lowest BCUT2D eigenvalue weighted by Gasteiger charge is -2.27. The van der Waals surface area contributed by atoms with Gasteiger partial charge in [-0.2, -0.15) is 18.2 Å². The maximum Gasteiger partial charge on any atom is 0.415 e. The van der Waals surface area contributed by atoms with Crippen LogP contribution in [0.2, 0.25) is 0 Å². The fourth-order valence-corrected chi connectivity index (χ4v) is 1.68. The molecule has 1 aliphatic rings. The molecule has 16 heavy (non-hydrogen) atoms. The Kier molecular flexibility index (Phi) is 4.62. The van der Waals surface area contributed by atoms with Gasteiger partial charge in [0.15, 0.2) is 0 Å². The summed E-state index contributed by atoms with van der Waals surface area (Å²) in [4.78, 5) is 10.8. The van der Waals surface area contributed by atoms with Gasteiger partial charge in [0, 0.05) is 12.6 Å². The van der Waals surface area contributed by atoms with Gasteiger partial charge in [0.25, 0.3) is 0 Å². The highest BCUT2D eigenvalue weighted by atomic mass is 32.3. The normalized spacial score (nSPS) is 26.6. The van der Waals surface area contributed by atoms with Crippen LogP contribution in [-0.2, 0) is 23.7 Å². The summed E-state index contributed by atoms with van der Waals surface area (Å²) in [7, 11) is -2.98. The predicted octanol–water partition coefficient (Wildman–Crippen LogP) is -2.00. The lowest BCUT2D eigenvalue weighted by Crippen LogP contribution is -2.52. The fourth-order valence-electron chi connectivity index (χ4n) is 1.36. The van der Waals surface area contributed by atoms with E-state index in [1.54, 1.807) is 0 Å². The minimum Gasteiger partial charge on any atom is -0.368 e. The molecule has 0 bridgehead atoms. The van der Waals surface area contributed by atoms with E-state index in [9.17, 15) is 13.2 Å². The summed E-state index contributed by atoms with van der Waals surface area (Å²) in [6.45, 7) is 0.396. The zero-order valence-electron chi connectivity index (χ0n) is 8.80. The molecule has 0 saturated carbocycles. The number of piperidine rings is 1. The molecular weight excluding hydrogens is 238 g/mol. The van der Waals surface area contributed by atoms with Gasteiger partial charge in [-0.15, -0.1) is 0 Å². The van der Waals surface area contributed by atoms with Crippen molar-refractivity contribution in [2.24, 2.45) is 5.73 Å². The van der Waals surface area contributed by atoms with Crippen LogP contribution < -0.4 is 16.5 Å². The Morgan fingerprint density at radius 2 is 2.19 bits per heavy atom. The second-order valence-electron chi connectivity index (χ2n) is 3.41. The molecule has 1 aliphatic heterocycles. The molecule has 0 aromatic heterocycles. The van der Waals surface area contributed by atoms with Crippen molar-refractivity contribution >= 4 is 16.3 Å². The third-order valence-electron chi connectivity index (χ3n) is 2.28. The van der Waals surface area contributed by atoms with E-state index in [0.29, 0.717) is 19.4 Å². The monoisotopic (exact) mass is 253 g/mol. The zero-order valence-corrected chi connectivity index (χ0v) is 9.62. The zero-order chi connectivity index (χ0) is 12.2. The van der Waals surface area contributed by atoms with Gasteiger partial charge in [-0.05, 0) is 12.8 Å². The molecule has 1 saturated heterocycles. The Hall–Kier alpha value is -0.740. The molecule has 0 spiro atoms. The van der Waals surface area contributed by atoms with Crippen LogP contribution in [0.4, 0.5) is 0 Å². The van der Waals surface area contributed by atoms with E-state index in [1.807, 2.05) is 0 Å². The number of carbonyl (C=O) groups is 1. The topological polar surface area (TPSA) is 120 Å². The average Bonchev–Trinajstić information content (AvgIpc) is 2.27. The molecule has 1 heterocycles. The fraction of sp³-hybridized carbons (Fsp3) is 0.857. The molecule has 0 aliphatic carbocycles. The van der Waals surface area contributed by atoms with Crippen molar-refractivity contribution in [2.75, 3.05) is 13.7 Å². The van der Waals surface area contributed by atoms with E-state index in [1.165, 1.54) is 0 Å². The van der Waals surface area contributed by atoms with E-state index >= 15 is 0 Å². The number of carbonyl (C=O) groups excluding carboxylic acids is 1. The molecule has 0 aromatic rings.